The lowest BCUT2D eigenvalue weighted by molar-refractivity contribution is 0.689. The molecule has 3 aromatic rings. The van der Waals surface area contributed by atoms with Crippen molar-refractivity contribution < 1.29 is 0 Å². The van der Waals surface area contributed by atoms with E-state index in [9.17, 15) is 0 Å². The average molecular weight is 362 g/mol. The molecule has 0 radical (unpaired) electrons. The molecule has 0 spiro atoms. The van der Waals surface area contributed by atoms with Crippen molar-refractivity contribution in [1.29, 1.82) is 0 Å². The van der Waals surface area contributed by atoms with Crippen LogP contribution in [0.2, 0.25) is 5.02 Å². The zero-order valence-electron chi connectivity index (χ0n) is 11.4. The van der Waals surface area contributed by atoms with Crippen molar-refractivity contribution in [3.63, 3.8) is 0 Å². The smallest absolute Gasteiger partial charge is 0.100 e. The number of benzene rings is 2. The molecule has 0 amide bonds. The minimum absolute atomic E-state index is 0.717. The van der Waals surface area contributed by atoms with Crippen LogP contribution in [0.15, 0.2) is 41.1 Å². The van der Waals surface area contributed by atoms with E-state index in [0.29, 0.717) is 0 Å². The number of halogens is 2. The molecule has 1 heterocycles. The van der Waals surface area contributed by atoms with E-state index in [1.165, 1.54) is 30.4 Å². The van der Waals surface area contributed by atoms with Crippen LogP contribution in [-0.4, -0.2) is 9.55 Å². The Kier molecular flexibility index (Phi) is 3.27. The predicted octanol–water partition coefficient (Wildman–Crippen LogP) is 5.32. The monoisotopic (exact) mass is 360 g/mol. The summed E-state index contributed by atoms with van der Waals surface area (Å²) in [4.78, 5) is 4.67. The second kappa shape index (κ2) is 5.15. The molecule has 21 heavy (non-hydrogen) atoms. The van der Waals surface area contributed by atoms with Gasteiger partial charge in [-0.25, -0.2) is 4.98 Å². The largest absolute Gasteiger partial charge is 0.297 e. The molecule has 0 N–H and O–H groups in total. The van der Waals surface area contributed by atoms with Gasteiger partial charge < -0.3 is 0 Å². The van der Waals surface area contributed by atoms with Gasteiger partial charge >= 0.3 is 0 Å². The molecule has 0 aliphatic heterocycles. The Morgan fingerprint density at radius 1 is 1.10 bits per heavy atom. The van der Waals surface area contributed by atoms with Crippen molar-refractivity contribution in [2.24, 2.45) is 0 Å². The van der Waals surface area contributed by atoms with Crippen LogP contribution < -0.4 is 0 Å². The SMILES string of the molecule is Clc1c(Br)cccc1-n1cnc2c3c(ccc21)CCCC3. The van der Waals surface area contributed by atoms with E-state index in [0.717, 1.165) is 32.6 Å². The topological polar surface area (TPSA) is 17.8 Å². The van der Waals surface area contributed by atoms with E-state index in [4.69, 9.17) is 11.6 Å². The van der Waals surface area contributed by atoms with Gasteiger partial charge in [0, 0.05) is 4.47 Å². The third-order valence-electron chi connectivity index (χ3n) is 4.23. The molecule has 0 saturated carbocycles. The zero-order valence-corrected chi connectivity index (χ0v) is 13.8. The van der Waals surface area contributed by atoms with E-state index >= 15 is 0 Å². The second-order valence-corrected chi connectivity index (χ2v) is 6.70. The highest BCUT2D eigenvalue weighted by Crippen LogP contribution is 2.33. The van der Waals surface area contributed by atoms with Gasteiger partial charge in [0.1, 0.15) is 6.33 Å². The lowest BCUT2D eigenvalue weighted by Gasteiger charge is -2.16. The summed E-state index contributed by atoms with van der Waals surface area (Å²) in [7, 11) is 0. The first-order chi connectivity index (χ1) is 10.3. The number of hydrogen-bond donors (Lipinski definition) is 0. The van der Waals surface area contributed by atoms with Gasteiger partial charge in [-0.05, 0) is 70.9 Å². The lowest BCUT2D eigenvalue weighted by Crippen LogP contribution is -2.03. The molecule has 4 rings (SSSR count). The fourth-order valence-electron chi connectivity index (χ4n) is 3.18. The van der Waals surface area contributed by atoms with Gasteiger partial charge in [0.15, 0.2) is 0 Å². The molecule has 0 fully saturated rings. The summed E-state index contributed by atoms with van der Waals surface area (Å²) in [6.07, 6.45) is 6.74. The Morgan fingerprint density at radius 2 is 1.95 bits per heavy atom. The highest BCUT2D eigenvalue weighted by atomic mass is 79.9. The number of aryl methyl sites for hydroxylation is 2. The molecular weight excluding hydrogens is 348 g/mol. The van der Waals surface area contributed by atoms with Crippen LogP contribution in [0.1, 0.15) is 24.0 Å². The van der Waals surface area contributed by atoms with Crippen LogP contribution in [0.3, 0.4) is 0 Å². The molecule has 0 atom stereocenters. The van der Waals surface area contributed by atoms with Crippen LogP contribution in [-0.2, 0) is 12.8 Å². The molecule has 0 bridgehead atoms. The lowest BCUT2D eigenvalue weighted by atomic mass is 9.91. The Labute approximate surface area is 136 Å². The highest BCUT2D eigenvalue weighted by Gasteiger charge is 2.17. The molecule has 1 aliphatic rings. The molecule has 1 aliphatic carbocycles. The Hall–Kier alpha value is -1.32. The van der Waals surface area contributed by atoms with Crippen LogP contribution >= 0.6 is 27.5 Å². The van der Waals surface area contributed by atoms with Crippen molar-refractivity contribution in [2.75, 3.05) is 0 Å². The molecule has 0 saturated heterocycles. The maximum absolute atomic E-state index is 6.43. The molecule has 1 aromatic heterocycles. The second-order valence-electron chi connectivity index (χ2n) is 5.47. The van der Waals surface area contributed by atoms with Gasteiger partial charge in [0.2, 0.25) is 0 Å². The number of nitrogens with zero attached hydrogens (tertiary/aromatic N) is 2. The van der Waals surface area contributed by atoms with Gasteiger partial charge in [0.05, 0.1) is 21.7 Å². The third-order valence-corrected chi connectivity index (χ3v) is 5.52. The molecule has 2 aromatic carbocycles. The normalized spacial score (nSPS) is 14.4. The van der Waals surface area contributed by atoms with E-state index in [1.54, 1.807) is 0 Å². The fraction of sp³-hybridized carbons (Fsp3) is 0.235. The number of rotatable bonds is 1. The molecule has 106 valence electrons. The van der Waals surface area contributed by atoms with Crippen molar-refractivity contribution in [2.45, 2.75) is 25.7 Å². The summed E-state index contributed by atoms with van der Waals surface area (Å²) in [5, 5.41) is 0.717. The van der Waals surface area contributed by atoms with Crippen molar-refractivity contribution in [3.05, 3.63) is 57.3 Å². The minimum Gasteiger partial charge on any atom is -0.297 e. The zero-order chi connectivity index (χ0) is 14.4. The standard InChI is InChI=1S/C17H14BrClN2/c18-13-6-3-7-14(16(13)19)21-10-20-17-12-5-2-1-4-11(12)8-9-15(17)21/h3,6-10H,1-2,4-5H2. The van der Waals surface area contributed by atoms with E-state index in [-0.39, 0.29) is 0 Å². The number of fused-ring (bicyclic) bond motifs is 3. The maximum atomic E-state index is 6.43. The maximum Gasteiger partial charge on any atom is 0.100 e. The van der Waals surface area contributed by atoms with Gasteiger partial charge in [0.25, 0.3) is 0 Å². The summed E-state index contributed by atoms with van der Waals surface area (Å²) in [6, 6.07) is 10.4. The Bertz CT molecular complexity index is 838. The van der Waals surface area contributed by atoms with Crippen molar-refractivity contribution >= 4 is 38.6 Å². The average Bonchev–Trinajstić information content (AvgIpc) is 2.94. The van der Waals surface area contributed by atoms with Crippen LogP contribution in [0.25, 0.3) is 16.7 Å². The van der Waals surface area contributed by atoms with Gasteiger partial charge in [-0.2, -0.15) is 0 Å². The number of aromatic nitrogens is 2. The number of hydrogen-bond acceptors (Lipinski definition) is 1. The molecule has 4 heteroatoms. The van der Waals surface area contributed by atoms with Crippen LogP contribution in [0.5, 0.6) is 0 Å². The minimum atomic E-state index is 0.717. The fourth-order valence-corrected chi connectivity index (χ4v) is 3.76. The van der Waals surface area contributed by atoms with Crippen molar-refractivity contribution in [1.82, 2.24) is 9.55 Å². The summed E-state index contributed by atoms with van der Waals surface area (Å²) in [5.74, 6) is 0. The summed E-state index contributed by atoms with van der Waals surface area (Å²) < 4.78 is 2.98. The summed E-state index contributed by atoms with van der Waals surface area (Å²) in [5.41, 5.74) is 6.10. The Morgan fingerprint density at radius 3 is 2.86 bits per heavy atom. The van der Waals surface area contributed by atoms with Crippen LogP contribution in [0.4, 0.5) is 0 Å². The van der Waals surface area contributed by atoms with E-state index in [2.05, 4.69) is 37.6 Å². The summed E-state index contributed by atoms with van der Waals surface area (Å²) >= 11 is 9.92. The third kappa shape index (κ3) is 2.11. The first kappa shape index (κ1) is 13.4. The quantitative estimate of drug-likeness (QED) is 0.573. The molecule has 0 unspecified atom stereocenters. The van der Waals surface area contributed by atoms with E-state index < -0.39 is 0 Å². The van der Waals surface area contributed by atoms with Gasteiger partial charge in [-0.1, -0.05) is 23.7 Å². The summed E-state index contributed by atoms with van der Waals surface area (Å²) in [6.45, 7) is 0. The van der Waals surface area contributed by atoms with Gasteiger partial charge in [-0.15, -0.1) is 0 Å². The number of imidazole rings is 1. The van der Waals surface area contributed by atoms with Crippen molar-refractivity contribution in [3.8, 4) is 5.69 Å². The molecular formula is C17H14BrClN2. The molecule has 2 nitrogen and oxygen atoms in total. The Balaban J connectivity index is 1.97. The first-order valence-electron chi connectivity index (χ1n) is 7.18. The predicted molar refractivity (Wildman–Crippen MR) is 90.4 cm³/mol. The highest BCUT2D eigenvalue weighted by molar-refractivity contribution is 9.10. The first-order valence-corrected chi connectivity index (χ1v) is 8.35. The van der Waals surface area contributed by atoms with Gasteiger partial charge in [-0.3, -0.25) is 4.57 Å². The van der Waals surface area contributed by atoms with E-state index in [1.807, 2.05) is 24.5 Å². The van der Waals surface area contributed by atoms with Crippen LogP contribution in [0, 0.1) is 0 Å².